The third-order valence-corrected chi connectivity index (χ3v) is 5.48. The van der Waals surface area contributed by atoms with Gasteiger partial charge in [0.2, 0.25) is 0 Å². The van der Waals surface area contributed by atoms with E-state index in [1.165, 1.54) is 0 Å². The average Bonchev–Trinajstić information content (AvgIpc) is 2.61. The lowest BCUT2D eigenvalue weighted by molar-refractivity contribution is -0.0793. The predicted octanol–water partition coefficient (Wildman–Crippen LogP) is 6.13. The van der Waals surface area contributed by atoms with Crippen LogP contribution in [0.4, 0.5) is 14.6 Å². The van der Waals surface area contributed by atoms with Crippen molar-refractivity contribution in [3.63, 3.8) is 0 Å². The lowest BCUT2D eigenvalue weighted by atomic mass is 9.88. The van der Waals surface area contributed by atoms with Gasteiger partial charge < -0.3 is 10.1 Å². The number of fused-ring (bicyclic) bond motifs is 1. The van der Waals surface area contributed by atoms with Gasteiger partial charge in [-0.25, -0.2) is 18.7 Å². The van der Waals surface area contributed by atoms with Gasteiger partial charge in [-0.15, -0.1) is 0 Å². The van der Waals surface area contributed by atoms with Crippen molar-refractivity contribution >= 4 is 39.8 Å². The molecular weight excluding hydrogens is 407 g/mol. The molecule has 0 unspecified atom stereocenters. The zero-order chi connectivity index (χ0) is 20.1. The van der Waals surface area contributed by atoms with Gasteiger partial charge in [0.05, 0.1) is 17.8 Å². The Hall–Kier alpha value is -2.18. The van der Waals surface area contributed by atoms with Gasteiger partial charge in [0.25, 0.3) is 5.92 Å². The van der Waals surface area contributed by atoms with E-state index in [9.17, 15) is 8.78 Å². The molecule has 1 aromatic carbocycles. The van der Waals surface area contributed by atoms with Gasteiger partial charge in [-0.05, 0) is 30.7 Å². The van der Waals surface area contributed by atoms with E-state index >= 15 is 0 Å². The summed E-state index contributed by atoms with van der Waals surface area (Å²) in [6.45, 7) is 1.92. The summed E-state index contributed by atoms with van der Waals surface area (Å²) in [5, 5.41) is 5.37. The predicted molar refractivity (Wildman–Crippen MR) is 108 cm³/mol. The fourth-order valence-corrected chi connectivity index (χ4v) is 3.99. The molecule has 0 bridgehead atoms. The van der Waals surface area contributed by atoms with E-state index in [1.807, 2.05) is 19.1 Å². The van der Waals surface area contributed by atoms with Gasteiger partial charge in [0.1, 0.15) is 16.7 Å². The van der Waals surface area contributed by atoms with Gasteiger partial charge in [-0.2, -0.15) is 0 Å². The first-order valence-electron chi connectivity index (χ1n) is 8.71. The minimum Gasteiger partial charge on any atom is -0.495 e. The van der Waals surface area contributed by atoms with Crippen molar-refractivity contribution in [2.75, 3.05) is 12.4 Å². The lowest BCUT2D eigenvalue weighted by Gasteiger charge is -2.36. The summed E-state index contributed by atoms with van der Waals surface area (Å²) in [4.78, 5) is 8.83. The number of benzene rings is 1. The van der Waals surface area contributed by atoms with Crippen LogP contribution in [0.25, 0.3) is 22.0 Å². The number of aryl methyl sites for hydroxylation is 1. The van der Waals surface area contributed by atoms with E-state index in [0.717, 1.165) is 21.9 Å². The average molecular weight is 424 g/mol. The van der Waals surface area contributed by atoms with Crippen LogP contribution >= 0.6 is 23.2 Å². The van der Waals surface area contributed by atoms with Crippen molar-refractivity contribution < 1.29 is 13.5 Å². The van der Waals surface area contributed by atoms with Crippen LogP contribution in [0, 0.1) is 6.92 Å². The molecule has 146 valence electrons. The molecule has 0 aliphatic heterocycles. The van der Waals surface area contributed by atoms with Crippen molar-refractivity contribution in [3.05, 3.63) is 46.2 Å². The van der Waals surface area contributed by atoms with Crippen LogP contribution in [0.3, 0.4) is 0 Å². The highest BCUT2D eigenvalue weighted by molar-refractivity contribution is 6.35. The van der Waals surface area contributed by atoms with E-state index in [4.69, 9.17) is 32.9 Å². The number of nitrogens with one attached hydrogen (secondary N) is 1. The molecule has 2 heterocycles. The maximum absolute atomic E-state index is 13.3. The Morgan fingerprint density at radius 1 is 1.21 bits per heavy atom. The van der Waals surface area contributed by atoms with Crippen LogP contribution in [0.2, 0.25) is 10.2 Å². The normalized spacial score (nSPS) is 16.1. The highest BCUT2D eigenvalue weighted by Crippen LogP contribution is 2.42. The summed E-state index contributed by atoms with van der Waals surface area (Å²) < 4.78 is 31.9. The minimum atomic E-state index is -2.63. The molecule has 0 saturated heterocycles. The topological polar surface area (TPSA) is 47.0 Å². The summed E-state index contributed by atoms with van der Waals surface area (Å²) in [6, 6.07) is 6.86. The third kappa shape index (κ3) is 3.47. The number of halogens is 4. The van der Waals surface area contributed by atoms with Crippen LogP contribution in [0.1, 0.15) is 18.4 Å². The van der Waals surface area contributed by atoms with Gasteiger partial charge in [-0.1, -0.05) is 29.3 Å². The Balaban J connectivity index is 1.86. The van der Waals surface area contributed by atoms with Crippen LogP contribution in [0.15, 0.2) is 30.5 Å². The Kier molecular flexibility index (Phi) is 4.79. The lowest BCUT2D eigenvalue weighted by Crippen LogP contribution is -2.44. The minimum absolute atomic E-state index is 0.224. The molecule has 1 aliphatic rings. The molecule has 1 aliphatic carbocycles. The molecule has 2 aromatic heterocycles. The van der Waals surface area contributed by atoms with E-state index in [-0.39, 0.29) is 18.9 Å². The number of aromatic nitrogens is 2. The number of hydrogen-bond acceptors (Lipinski definition) is 4. The molecule has 28 heavy (non-hydrogen) atoms. The zero-order valence-electron chi connectivity index (χ0n) is 15.2. The van der Waals surface area contributed by atoms with Crippen molar-refractivity contribution in [2.45, 2.75) is 31.7 Å². The molecule has 0 atom stereocenters. The molecule has 8 heteroatoms. The number of rotatable bonds is 4. The standard InChI is InChI=1S/C20H17Cl2F2N3O/c1-10-3-4-15(28-2)18(22)17(10)14-5-11-9-25-16(21)6-13(11)19(27-14)26-12-7-20(23,24)8-12/h3-6,9,12H,7-8H2,1-2H3,(H,26,27). The number of anilines is 1. The SMILES string of the molecule is COc1ccc(C)c(-c2cc3cnc(Cl)cc3c(NC3CC(F)(F)C3)n2)c1Cl. The Morgan fingerprint density at radius 2 is 1.96 bits per heavy atom. The van der Waals surface area contributed by atoms with E-state index in [2.05, 4.69) is 10.3 Å². The van der Waals surface area contributed by atoms with Gasteiger partial charge in [0.15, 0.2) is 0 Å². The third-order valence-electron chi connectivity index (χ3n) is 4.90. The van der Waals surface area contributed by atoms with Gasteiger partial charge in [0, 0.05) is 41.4 Å². The monoisotopic (exact) mass is 423 g/mol. The number of nitrogens with zero attached hydrogens (tertiary/aromatic N) is 2. The summed E-state index contributed by atoms with van der Waals surface area (Å²) in [7, 11) is 1.55. The molecule has 0 amide bonds. The molecule has 4 rings (SSSR count). The Bertz CT molecular complexity index is 1070. The molecule has 0 spiro atoms. The molecule has 1 fully saturated rings. The molecule has 1 N–H and O–H groups in total. The summed E-state index contributed by atoms with van der Waals surface area (Å²) in [5.74, 6) is -1.61. The molecule has 4 nitrogen and oxygen atoms in total. The molecule has 3 aromatic rings. The van der Waals surface area contributed by atoms with Gasteiger partial charge >= 0.3 is 0 Å². The number of hydrogen-bond donors (Lipinski definition) is 1. The maximum Gasteiger partial charge on any atom is 0.252 e. The second-order valence-corrected chi connectivity index (χ2v) is 7.73. The first kappa shape index (κ1) is 19.2. The van der Waals surface area contributed by atoms with Crippen molar-refractivity contribution in [1.29, 1.82) is 0 Å². The van der Waals surface area contributed by atoms with Crippen LogP contribution < -0.4 is 10.1 Å². The Morgan fingerprint density at radius 3 is 2.64 bits per heavy atom. The number of alkyl halides is 2. The fraction of sp³-hybridized carbons (Fsp3) is 0.300. The van der Waals surface area contributed by atoms with Crippen LogP contribution in [-0.2, 0) is 0 Å². The second kappa shape index (κ2) is 7.01. The second-order valence-electron chi connectivity index (χ2n) is 6.96. The highest BCUT2D eigenvalue weighted by atomic mass is 35.5. The van der Waals surface area contributed by atoms with Crippen LogP contribution in [0.5, 0.6) is 5.75 Å². The number of pyridine rings is 2. The Labute approximate surface area is 170 Å². The first-order chi connectivity index (χ1) is 13.3. The largest absolute Gasteiger partial charge is 0.495 e. The van der Waals surface area contributed by atoms with Crippen molar-refractivity contribution in [1.82, 2.24) is 9.97 Å². The fourth-order valence-electron chi connectivity index (χ4n) is 3.44. The molecule has 0 radical (unpaired) electrons. The number of ether oxygens (including phenoxy) is 1. The van der Waals surface area contributed by atoms with E-state index < -0.39 is 5.92 Å². The van der Waals surface area contributed by atoms with E-state index in [1.54, 1.807) is 25.4 Å². The van der Waals surface area contributed by atoms with Gasteiger partial charge in [-0.3, -0.25) is 0 Å². The first-order valence-corrected chi connectivity index (χ1v) is 9.47. The van der Waals surface area contributed by atoms with Crippen molar-refractivity contribution in [2.24, 2.45) is 0 Å². The van der Waals surface area contributed by atoms with Crippen LogP contribution in [-0.4, -0.2) is 29.0 Å². The highest BCUT2D eigenvalue weighted by Gasteiger charge is 2.45. The summed E-state index contributed by atoms with van der Waals surface area (Å²) in [5.41, 5.74) is 2.24. The van der Waals surface area contributed by atoms with Crippen molar-refractivity contribution in [3.8, 4) is 17.0 Å². The maximum atomic E-state index is 13.3. The smallest absolute Gasteiger partial charge is 0.252 e. The number of methoxy groups -OCH3 is 1. The van der Waals surface area contributed by atoms with E-state index in [0.29, 0.717) is 27.4 Å². The quantitative estimate of drug-likeness (QED) is 0.512. The summed E-state index contributed by atoms with van der Waals surface area (Å²) in [6.07, 6.45) is 1.18. The molecular formula is C20H17Cl2F2N3O. The summed E-state index contributed by atoms with van der Waals surface area (Å²) >= 11 is 12.6. The zero-order valence-corrected chi connectivity index (χ0v) is 16.7. The molecule has 1 saturated carbocycles.